The van der Waals surface area contributed by atoms with Crippen LogP contribution < -0.4 is 15.0 Å². The Balaban J connectivity index is 1.79. The van der Waals surface area contributed by atoms with Crippen molar-refractivity contribution in [3.63, 3.8) is 0 Å². The molecule has 1 aliphatic carbocycles. The highest BCUT2D eigenvalue weighted by Crippen LogP contribution is 2.34. The molecule has 1 fully saturated rings. The lowest BCUT2D eigenvalue weighted by molar-refractivity contribution is -0.139. The van der Waals surface area contributed by atoms with Crippen molar-refractivity contribution in [1.82, 2.24) is 9.66 Å². The van der Waals surface area contributed by atoms with Gasteiger partial charge >= 0.3 is 5.97 Å². The van der Waals surface area contributed by atoms with E-state index in [4.69, 9.17) is 19.6 Å². The summed E-state index contributed by atoms with van der Waals surface area (Å²) >= 11 is 6.90. The van der Waals surface area contributed by atoms with E-state index in [0.717, 1.165) is 30.2 Å². The fourth-order valence-electron chi connectivity index (χ4n) is 4.08. The zero-order valence-electron chi connectivity index (χ0n) is 18.5. The lowest BCUT2D eigenvalue weighted by atomic mass is 9.88. The molecule has 10 heteroatoms. The van der Waals surface area contributed by atoms with Crippen molar-refractivity contribution in [3.05, 3.63) is 61.0 Å². The Morgan fingerprint density at radius 2 is 1.97 bits per heavy atom. The molecule has 178 valence electrons. The molecule has 0 aliphatic heterocycles. The van der Waals surface area contributed by atoms with Crippen molar-refractivity contribution in [2.75, 3.05) is 13.7 Å². The van der Waals surface area contributed by atoms with Gasteiger partial charge in [0.25, 0.3) is 5.56 Å². The van der Waals surface area contributed by atoms with Crippen molar-refractivity contribution in [3.8, 4) is 11.5 Å². The Bertz CT molecular complexity index is 1320. The molecule has 0 radical (unpaired) electrons. The first kappa shape index (κ1) is 24.4. The molecule has 0 spiro atoms. The van der Waals surface area contributed by atoms with Crippen LogP contribution in [0.2, 0.25) is 0 Å². The van der Waals surface area contributed by atoms with E-state index in [1.54, 1.807) is 24.4 Å². The maximum Gasteiger partial charge on any atom is 0.341 e. The second kappa shape index (κ2) is 10.7. The fraction of sp³-hybridized carbons (Fsp3) is 0.333. The van der Waals surface area contributed by atoms with Crippen LogP contribution in [-0.4, -0.2) is 40.7 Å². The number of carboxylic acids is 1. The van der Waals surface area contributed by atoms with Crippen LogP contribution in [0.15, 0.2) is 49.2 Å². The number of benzene rings is 2. The van der Waals surface area contributed by atoms with Crippen LogP contribution >= 0.6 is 31.9 Å². The number of carbonyl (C=O) groups is 1. The molecule has 4 rings (SSSR count). The minimum atomic E-state index is -1.09. The molecule has 0 bridgehead atoms. The van der Waals surface area contributed by atoms with Gasteiger partial charge in [0.1, 0.15) is 5.82 Å². The van der Waals surface area contributed by atoms with E-state index < -0.39 is 12.6 Å². The number of aliphatic carboxylic acids is 1. The Morgan fingerprint density at radius 1 is 1.21 bits per heavy atom. The normalized spacial score (nSPS) is 14.6. The number of methoxy groups -OCH3 is 1. The van der Waals surface area contributed by atoms with Crippen LogP contribution in [0.3, 0.4) is 0 Å². The third kappa shape index (κ3) is 5.33. The van der Waals surface area contributed by atoms with Gasteiger partial charge in [-0.3, -0.25) is 4.79 Å². The number of ether oxygens (including phenoxy) is 2. The molecule has 34 heavy (non-hydrogen) atoms. The first-order valence-corrected chi connectivity index (χ1v) is 12.4. The van der Waals surface area contributed by atoms with Crippen molar-refractivity contribution in [2.24, 2.45) is 5.10 Å². The second-order valence-electron chi connectivity index (χ2n) is 8.03. The number of nitrogens with zero attached hydrogens (tertiary/aromatic N) is 3. The smallest absolute Gasteiger partial charge is 0.341 e. The summed E-state index contributed by atoms with van der Waals surface area (Å²) in [6.45, 7) is -0.491. The third-order valence-electron chi connectivity index (χ3n) is 5.75. The number of hydrogen-bond donors (Lipinski definition) is 1. The van der Waals surface area contributed by atoms with E-state index in [1.165, 1.54) is 18.2 Å². The highest BCUT2D eigenvalue weighted by molar-refractivity contribution is 9.10. The van der Waals surface area contributed by atoms with Gasteiger partial charge in [0.15, 0.2) is 18.1 Å². The Morgan fingerprint density at radius 3 is 2.68 bits per heavy atom. The fourth-order valence-corrected chi connectivity index (χ4v) is 4.87. The van der Waals surface area contributed by atoms with Crippen LogP contribution in [0.5, 0.6) is 11.5 Å². The van der Waals surface area contributed by atoms with Gasteiger partial charge in [-0.15, -0.1) is 0 Å². The van der Waals surface area contributed by atoms with E-state index in [1.807, 2.05) is 12.1 Å². The molecule has 0 amide bonds. The number of rotatable bonds is 7. The first-order chi connectivity index (χ1) is 16.4. The molecular formula is C24H23Br2N3O5. The van der Waals surface area contributed by atoms with E-state index in [0.29, 0.717) is 32.5 Å². The summed E-state index contributed by atoms with van der Waals surface area (Å²) in [5.74, 6) is 0.378. The average molecular weight is 593 g/mol. The van der Waals surface area contributed by atoms with Gasteiger partial charge in [0.2, 0.25) is 0 Å². The molecule has 1 N–H and O–H groups in total. The topological polar surface area (TPSA) is 103 Å². The quantitative estimate of drug-likeness (QED) is 0.372. The largest absolute Gasteiger partial charge is 0.493 e. The number of halogens is 2. The summed E-state index contributed by atoms with van der Waals surface area (Å²) in [6.07, 6.45) is 6.89. The highest BCUT2D eigenvalue weighted by atomic mass is 79.9. The predicted octanol–water partition coefficient (Wildman–Crippen LogP) is 5.32. The van der Waals surface area contributed by atoms with Crippen molar-refractivity contribution in [2.45, 2.75) is 38.0 Å². The predicted molar refractivity (Wildman–Crippen MR) is 136 cm³/mol. The van der Waals surface area contributed by atoms with Gasteiger partial charge in [-0.1, -0.05) is 35.2 Å². The van der Waals surface area contributed by atoms with Gasteiger partial charge in [-0.05, 0) is 59.1 Å². The molecule has 0 unspecified atom stereocenters. The standard InChI is InChI=1S/C24H23Br2N3O5/c1-33-20-9-15(18(26)11-21(20)34-13-22(30)31)12-27-29-23(14-5-3-2-4-6-14)28-19-8-7-16(25)10-17(19)24(29)32/h7-12,14H,2-6,13H2,1H3,(H,30,31). The summed E-state index contributed by atoms with van der Waals surface area (Å²) in [5.41, 5.74) is 1.06. The maximum atomic E-state index is 13.5. The van der Waals surface area contributed by atoms with Crippen LogP contribution in [0, 0.1) is 0 Å². The summed E-state index contributed by atoms with van der Waals surface area (Å²) in [6, 6.07) is 8.77. The average Bonchev–Trinajstić information content (AvgIpc) is 2.83. The van der Waals surface area contributed by atoms with Crippen LogP contribution in [-0.2, 0) is 4.79 Å². The van der Waals surface area contributed by atoms with Crippen LogP contribution in [0.4, 0.5) is 0 Å². The molecule has 1 saturated carbocycles. The molecule has 1 heterocycles. The lowest BCUT2D eigenvalue weighted by Crippen LogP contribution is -2.25. The SMILES string of the molecule is COc1cc(C=Nn2c(C3CCCCC3)nc3ccc(Br)cc3c2=O)c(Br)cc1OCC(=O)O. The molecular weight excluding hydrogens is 570 g/mol. The lowest BCUT2D eigenvalue weighted by Gasteiger charge is -2.22. The molecule has 2 aromatic carbocycles. The summed E-state index contributed by atoms with van der Waals surface area (Å²) < 4.78 is 13.5. The number of fused-ring (bicyclic) bond motifs is 1. The van der Waals surface area contributed by atoms with Gasteiger partial charge < -0.3 is 14.6 Å². The molecule has 1 aliphatic rings. The van der Waals surface area contributed by atoms with E-state index in [-0.39, 0.29) is 17.2 Å². The molecule has 1 aromatic heterocycles. The Kier molecular flexibility index (Phi) is 7.67. The van der Waals surface area contributed by atoms with Crippen molar-refractivity contribution >= 4 is 54.9 Å². The molecule has 8 nitrogen and oxygen atoms in total. The second-order valence-corrected chi connectivity index (χ2v) is 9.80. The summed E-state index contributed by atoms with van der Waals surface area (Å²) in [7, 11) is 1.47. The molecule has 0 saturated heterocycles. The Hall–Kier alpha value is -2.72. The van der Waals surface area contributed by atoms with Crippen LogP contribution in [0.25, 0.3) is 10.9 Å². The molecule has 0 atom stereocenters. The summed E-state index contributed by atoms with van der Waals surface area (Å²) in [4.78, 5) is 29.1. The summed E-state index contributed by atoms with van der Waals surface area (Å²) in [5, 5.41) is 13.9. The van der Waals surface area contributed by atoms with E-state index >= 15 is 0 Å². The molecule has 3 aromatic rings. The van der Waals surface area contributed by atoms with Gasteiger partial charge in [-0.2, -0.15) is 9.78 Å². The zero-order valence-corrected chi connectivity index (χ0v) is 21.6. The number of hydrogen-bond acceptors (Lipinski definition) is 6. The van der Waals surface area contributed by atoms with Gasteiger partial charge in [-0.25, -0.2) is 9.78 Å². The first-order valence-electron chi connectivity index (χ1n) is 10.9. The van der Waals surface area contributed by atoms with E-state index in [9.17, 15) is 9.59 Å². The van der Waals surface area contributed by atoms with Crippen molar-refractivity contribution < 1.29 is 19.4 Å². The van der Waals surface area contributed by atoms with Crippen molar-refractivity contribution in [1.29, 1.82) is 0 Å². The zero-order chi connectivity index (χ0) is 24.2. The van der Waals surface area contributed by atoms with Gasteiger partial charge in [0, 0.05) is 20.4 Å². The minimum Gasteiger partial charge on any atom is -0.493 e. The highest BCUT2D eigenvalue weighted by Gasteiger charge is 2.22. The maximum absolute atomic E-state index is 13.5. The van der Waals surface area contributed by atoms with Gasteiger partial charge in [0.05, 0.1) is 24.2 Å². The Labute approximate surface area is 212 Å². The third-order valence-corrected chi connectivity index (χ3v) is 6.93. The van der Waals surface area contributed by atoms with E-state index in [2.05, 4.69) is 37.0 Å². The monoisotopic (exact) mass is 591 g/mol. The number of carboxylic acid groups (broad SMARTS) is 1. The minimum absolute atomic E-state index is 0.163. The van der Waals surface area contributed by atoms with Crippen LogP contribution in [0.1, 0.15) is 49.4 Å². The number of aromatic nitrogens is 2.